The summed E-state index contributed by atoms with van der Waals surface area (Å²) >= 11 is 0. The van der Waals surface area contributed by atoms with Crippen molar-refractivity contribution in [1.29, 1.82) is 5.41 Å². The summed E-state index contributed by atoms with van der Waals surface area (Å²) < 4.78 is 0. The van der Waals surface area contributed by atoms with E-state index in [9.17, 15) is 4.79 Å². The summed E-state index contributed by atoms with van der Waals surface area (Å²) in [5.74, 6) is -1.11. The van der Waals surface area contributed by atoms with E-state index in [4.69, 9.17) is 16.2 Å². The predicted molar refractivity (Wildman–Crippen MR) is 49.2 cm³/mol. The van der Waals surface area contributed by atoms with Gasteiger partial charge in [0.2, 0.25) is 0 Å². The van der Waals surface area contributed by atoms with E-state index in [2.05, 4.69) is 0 Å². The molecule has 0 aliphatic rings. The van der Waals surface area contributed by atoms with Crippen LogP contribution in [0.4, 0.5) is 0 Å². The molecule has 1 rings (SSSR count). The van der Waals surface area contributed by atoms with E-state index in [1.54, 1.807) is 19.1 Å². The first-order valence-corrected chi connectivity index (χ1v) is 3.71. The Morgan fingerprint density at radius 1 is 1.46 bits per heavy atom. The van der Waals surface area contributed by atoms with E-state index in [0.29, 0.717) is 11.1 Å². The third kappa shape index (κ3) is 1.66. The molecule has 0 unspecified atom stereocenters. The van der Waals surface area contributed by atoms with Gasteiger partial charge in [-0.05, 0) is 18.6 Å². The van der Waals surface area contributed by atoms with Crippen LogP contribution in [0, 0.1) is 12.3 Å². The van der Waals surface area contributed by atoms with Crippen LogP contribution in [0.5, 0.6) is 0 Å². The van der Waals surface area contributed by atoms with Gasteiger partial charge in [-0.1, -0.05) is 12.1 Å². The lowest BCUT2D eigenvalue weighted by molar-refractivity contribution is 0.0696. The van der Waals surface area contributed by atoms with Crippen LogP contribution < -0.4 is 5.73 Å². The van der Waals surface area contributed by atoms with Crippen LogP contribution in [0.15, 0.2) is 18.2 Å². The van der Waals surface area contributed by atoms with Crippen molar-refractivity contribution >= 4 is 11.8 Å². The lowest BCUT2D eigenvalue weighted by Crippen LogP contribution is -2.14. The Bertz CT molecular complexity index is 340. The standard InChI is InChI=1S/C9H10N2O2/c1-5-6(8(10)11)3-2-4-7(5)9(12)13/h2-4H,1H3,(H3,10,11)(H,12,13). The van der Waals surface area contributed by atoms with E-state index in [1.807, 2.05) is 0 Å². The highest BCUT2D eigenvalue weighted by Gasteiger charge is 2.10. The highest BCUT2D eigenvalue weighted by atomic mass is 16.4. The van der Waals surface area contributed by atoms with Gasteiger partial charge in [0, 0.05) is 5.56 Å². The number of hydrogen-bond acceptors (Lipinski definition) is 2. The average Bonchev–Trinajstić information content (AvgIpc) is 2.03. The predicted octanol–water partition coefficient (Wildman–Crippen LogP) is 0.977. The molecule has 1 aromatic rings. The molecule has 4 heteroatoms. The van der Waals surface area contributed by atoms with E-state index in [0.717, 1.165) is 0 Å². The zero-order valence-electron chi connectivity index (χ0n) is 7.16. The van der Waals surface area contributed by atoms with Crippen molar-refractivity contribution < 1.29 is 9.90 Å². The summed E-state index contributed by atoms with van der Waals surface area (Å²) in [4.78, 5) is 10.7. The van der Waals surface area contributed by atoms with E-state index in [1.165, 1.54) is 6.07 Å². The molecule has 1 aromatic carbocycles. The van der Waals surface area contributed by atoms with Gasteiger partial charge in [0.15, 0.2) is 0 Å². The third-order valence-corrected chi connectivity index (χ3v) is 1.85. The maximum absolute atomic E-state index is 10.7. The molecular weight excluding hydrogens is 168 g/mol. The molecular formula is C9H10N2O2. The fraction of sp³-hybridized carbons (Fsp3) is 0.111. The number of nitrogens with one attached hydrogen (secondary N) is 1. The van der Waals surface area contributed by atoms with E-state index in [-0.39, 0.29) is 11.4 Å². The molecule has 13 heavy (non-hydrogen) atoms. The van der Waals surface area contributed by atoms with Gasteiger partial charge in [-0.3, -0.25) is 5.41 Å². The Labute approximate surface area is 75.5 Å². The summed E-state index contributed by atoms with van der Waals surface area (Å²) in [6, 6.07) is 4.70. The Morgan fingerprint density at radius 3 is 2.46 bits per heavy atom. The Kier molecular flexibility index (Phi) is 2.32. The minimum atomic E-state index is -0.999. The van der Waals surface area contributed by atoms with Gasteiger partial charge in [0.05, 0.1) is 5.56 Å². The summed E-state index contributed by atoms with van der Waals surface area (Å²) in [6.07, 6.45) is 0. The van der Waals surface area contributed by atoms with Crippen LogP contribution in [0.2, 0.25) is 0 Å². The van der Waals surface area contributed by atoms with Gasteiger partial charge in [-0.15, -0.1) is 0 Å². The zero-order valence-corrected chi connectivity index (χ0v) is 7.16. The summed E-state index contributed by atoms with van der Waals surface area (Å²) in [6.45, 7) is 1.64. The second kappa shape index (κ2) is 3.26. The Hall–Kier alpha value is -1.84. The minimum absolute atomic E-state index is 0.111. The van der Waals surface area contributed by atoms with Gasteiger partial charge in [-0.25, -0.2) is 4.79 Å². The lowest BCUT2D eigenvalue weighted by atomic mass is 10.0. The largest absolute Gasteiger partial charge is 0.478 e. The maximum atomic E-state index is 10.7. The van der Waals surface area contributed by atoms with Crippen molar-refractivity contribution in [3.8, 4) is 0 Å². The van der Waals surface area contributed by atoms with Crippen LogP contribution in [-0.2, 0) is 0 Å². The highest BCUT2D eigenvalue weighted by molar-refractivity contribution is 6.00. The summed E-state index contributed by atoms with van der Waals surface area (Å²) in [7, 11) is 0. The van der Waals surface area contributed by atoms with Crippen LogP contribution in [0.1, 0.15) is 21.5 Å². The first-order valence-electron chi connectivity index (χ1n) is 3.71. The molecule has 0 heterocycles. The van der Waals surface area contributed by atoms with Crippen molar-refractivity contribution in [2.45, 2.75) is 6.92 Å². The summed E-state index contributed by atoms with van der Waals surface area (Å²) in [5.41, 5.74) is 6.46. The highest BCUT2D eigenvalue weighted by Crippen LogP contribution is 2.12. The average molecular weight is 178 g/mol. The van der Waals surface area contributed by atoms with Crippen molar-refractivity contribution in [3.63, 3.8) is 0 Å². The molecule has 0 amide bonds. The van der Waals surface area contributed by atoms with Gasteiger partial charge in [0.25, 0.3) is 0 Å². The van der Waals surface area contributed by atoms with E-state index < -0.39 is 5.97 Å². The Morgan fingerprint density at radius 2 is 2.00 bits per heavy atom. The minimum Gasteiger partial charge on any atom is -0.478 e. The molecule has 0 saturated carbocycles. The number of amidine groups is 1. The molecule has 0 bridgehead atoms. The molecule has 0 saturated heterocycles. The molecule has 68 valence electrons. The number of rotatable bonds is 2. The molecule has 0 fully saturated rings. The van der Waals surface area contributed by atoms with Crippen molar-refractivity contribution in [1.82, 2.24) is 0 Å². The second-order valence-electron chi connectivity index (χ2n) is 2.70. The third-order valence-electron chi connectivity index (χ3n) is 1.85. The number of carboxylic acid groups (broad SMARTS) is 1. The van der Waals surface area contributed by atoms with Crippen molar-refractivity contribution in [3.05, 3.63) is 34.9 Å². The fourth-order valence-corrected chi connectivity index (χ4v) is 1.16. The number of benzene rings is 1. The van der Waals surface area contributed by atoms with Crippen molar-refractivity contribution in [2.24, 2.45) is 5.73 Å². The topological polar surface area (TPSA) is 87.2 Å². The SMILES string of the molecule is Cc1c(C(=N)N)cccc1C(=O)O. The quantitative estimate of drug-likeness (QED) is 0.466. The number of nitrogens with two attached hydrogens (primary N) is 1. The van der Waals surface area contributed by atoms with Gasteiger partial charge in [0.1, 0.15) is 5.84 Å². The maximum Gasteiger partial charge on any atom is 0.335 e. The number of aromatic carboxylic acids is 1. The second-order valence-corrected chi connectivity index (χ2v) is 2.70. The first kappa shape index (κ1) is 9.25. The number of carbonyl (C=O) groups is 1. The Balaban J connectivity index is 3.35. The molecule has 0 spiro atoms. The lowest BCUT2D eigenvalue weighted by Gasteiger charge is -2.05. The molecule has 0 aliphatic heterocycles. The normalized spacial score (nSPS) is 9.62. The van der Waals surface area contributed by atoms with Gasteiger partial charge >= 0.3 is 5.97 Å². The van der Waals surface area contributed by atoms with Crippen LogP contribution in [0.25, 0.3) is 0 Å². The number of carboxylic acids is 1. The smallest absolute Gasteiger partial charge is 0.335 e. The number of hydrogen-bond donors (Lipinski definition) is 3. The first-order chi connectivity index (χ1) is 6.04. The van der Waals surface area contributed by atoms with E-state index >= 15 is 0 Å². The fourth-order valence-electron chi connectivity index (χ4n) is 1.16. The molecule has 0 aromatic heterocycles. The molecule has 4 N–H and O–H groups in total. The molecule has 0 aliphatic carbocycles. The summed E-state index contributed by atoms with van der Waals surface area (Å²) in [5, 5.41) is 16.0. The zero-order chi connectivity index (χ0) is 10.0. The monoisotopic (exact) mass is 178 g/mol. The van der Waals surface area contributed by atoms with Crippen molar-refractivity contribution in [2.75, 3.05) is 0 Å². The number of nitrogen functional groups attached to an aromatic ring is 1. The van der Waals surface area contributed by atoms with Crippen LogP contribution in [0.3, 0.4) is 0 Å². The van der Waals surface area contributed by atoms with Gasteiger partial charge < -0.3 is 10.8 Å². The molecule has 0 radical (unpaired) electrons. The molecule has 0 atom stereocenters. The van der Waals surface area contributed by atoms with Crippen LogP contribution in [-0.4, -0.2) is 16.9 Å². The van der Waals surface area contributed by atoms with Crippen LogP contribution >= 0.6 is 0 Å². The molecule has 4 nitrogen and oxygen atoms in total. The van der Waals surface area contributed by atoms with Gasteiger partial charge in [-0.2, -0.15) is 0 Å².